The van der Waals surface area contributed by atoms with Crippen molar-refractivity contribution in [2.24, 2.45) is 11.8 Å². The monoisotopic (exact) mass is 324 g/mol. The van der Waals surface area contributed by atoms with E-state index in [9.17, 15) is 0 Å². The number of aryl methyl sites for hydroxylation is 1. The smallest absolute Gasteiger partial charge is 0.119 e. The second-order valence-electron chi connectivity index (χ2n) is 7.41. The van der Waals surface area contributed by atoms with Crippen LogP contribution in [-0.2, 0) is 0 Å². The molecule has 0 N–H and O–H groups in total. The van der Waals surface area contributed by atoms with E-state index in [4.69, 9.17) is 4.74 Å². The van der Waals surface area contributed by atoms with E-state index >= 15 is 0 Å². The van der Waals surface area contributed by atoms with E-state index in [1.54, 1.807) is 0 Å². The average Bonchev–Trinajstić information content (AvgIpc) is 2.56. The van der Waals surface area contributed by atoms with Crippen LogP contribution in [0.5, 0.6) is 5.75 Å². The van der Waals surface area contributed by atoms with Crippen molar-refractivity contribution in [3.8, 4) is 16.9 Å². The number of benzene rings is 2. The molecule has 0 aliphatic carbocycles. The van der Waals surface area contributed by atoms with Gasteiger partial charge in [0, 0.05) is 0 Å². The van der Waals surface area contributed by atoms with Crippen LogP contribution < -0.4 is 4.74 Å². The third kappa shape index (κ3) is 6.03. The van der Waals surface area contributed by atoms with Crippen molar-refractivity contribution in [2.45, 2.75) is 53.4 Å². The first-order chi connectivity index (χ1) is 11.6. The lowest BCUT2D eigenvalue weighted by molar-refractivity contribution is 0.276. The second-order valence-corrected chi connectivity index (χ2v) is 7.41. The number of hydrogen-bond donors (Lipinski definition) is 0. The van der Waals surface area contributed by atoms with Crippen molar-refractivity contribution >= 4 is 0 Å². The minimum absolute atomic E-state index is 0.745. The molecule has 24 heavy (non-hydrogen) atoms. The van der Waals surface area contributed by atoms with Crippen LogP contribution in [-0.4, -0.2) is 6.61 Å². The van der Waals surface area contributed by atoms with Crippen molar-refractivity contribution in [3.63, 3.8) is 0 Å². The highest BCUT2D eigenvalue weighted by Crippen LogP contribution is 2.25. The van der Waals surface area contributed by atoms with Gasteiger partial charge in [-0.3, -0.25) is 0 Å². The molecule has 1 atom stereocenters. The summed E-state index contributed by atoms with van der Waals surface area (Å²) < 4.78 is 5.93. The van der Waals surface area contributed by atoms with Gasteiger partial charge in [-0.05, 0) is 54.0 Å². The normalized spacial score (nSPS) is 12.4. The SMILES string of the molecule is Cc1ccccc1-c1ccc(OCCC(C)CCCC(C)C)cc1. The fourth-order valence-electron chi connectivity index (χ4n) is 3.02. The maximum atomic E-state index is 5.93. The molecular weight excluding hydrogens is 292 g/mol. The maximum absolute atomic E-state index is 5.93. The minimum Gasteiger partial charge on any atom is -0.494 e. The summed E-state index contributed by atoms with van der Waals surface area (Å²) >= 11 is 0. The molecule has 0 saturated carbocycles. The van der Waals surface area contributed by atoms with Crippen molar-refractivity contribution in [1.29, 1.82) is 0 Å². The van der Waals surface area contributed by atoms with E-state index in [-0.39, 0.29) is 0 Å². The van der Waals surface area contributed by atoms with Gasteiger partial charge in [0.25, 0.3) is 0 Å². The van der Waals surface area contributed by atoms with E-state index in [0.717, 1.165) is 30.6 Å². The Balaban J connectivity index is 1.77. The third-order valence-electron chi connectivity index (χ3n) is 4.67. The van der Waals surface area contributed by atoms with Gasteiger partial charge in [0.1, 0.15) is 5.75 Å². The predicted molar refractivity (Wildman–Crippen MR) is 105 cm³/mol. The van der Waals surface area contributed by atoms with Crippen LogP contribution in [0.4, 0.5) is 0 Å². The Hall–Kier alpha value is -1.76. The predicted octanol–water partition coefficient (Wildman–Crippen LogP) is 6.89. The largest absolute Gasteiger partial charge is 0.494 e. The first-order valence-corrected chi connectivity index (χ1v) is 9.35. The molecule has 0 bridgehead atoms. The first kappa shape index (κ1) is 18.6. The Morgan fingerprint density at radius 3 is 2.21 bits per heavy atom. The summed E-state index contributed by atoms with van der Waals surface area (Å²) in [5.41, 5.74) is 3.85. The van der Waals surface area contributed by atoms with Gasteiger partial charge in [0.2, 0.25) is 0 Å². The van der Waals surface area contributed by atoms with Gasteiger partial charge in [-0.2, -0.15) is 0 Å². The molecule has 1 unspecified atom stereocenters. The van der Waals surface area contributed by atoms with Crippen LogP contribution in [0, 0.1) is 18.8 Å². The molecule has 0 spiro atoms. The molecule has 0 heterocycles. The van der Waals surface area contributed by atoms with Crippen LogP contribution in [0.3, 0.4) is 0 Å². The molecule has 0 aromatic heterocycles. The zero-order valence-corrected chi connectivity index (χ0v) is 15.7. The summed E-state index contributed by atoms with van der Waals surface area (Å²) in [6.45, 7) is 9.90. The number of ether oxygens (including phenoxy) is 1. The van der Waals surface area contributed by atoms with Gasteiger partial charge >= 0.3 is 0 Å². The summed E-state index contributed by atoms with van der Waals surface area (Å²) in [4.78, 5) is 0. The van der Waals surface area contributed by atoms with Gasteiger partial charge in [0.15, 0.2) is 0 Å². The highest BCUT2D eigenvalue weighted by molar-refractivity contribution is 5.67. The van der Waals surface area contributed by atoms with Gasteiger partial charge in [-0.25, -0.2) is 0 Å². The van der Waals surface area contributed by atoms with Gasteiger partial charge in [-0.1, -0.05) is 76.4 Å². The zero-order valence-electron chi connectivity index (χ0n) is 15.7. The molecule has 1 heteroatoms. The number of rotatable bonds is 9. The van der Waals surface area contributed by atoms with Crippen LogP contribution >= 0.6 is 0 Å². The lowest BCUT2D eigenvalue weighted by Crippen LogP contribution is -2.04. The highest BCUT2D eigenvalue weighted by Gasteiger charge is 2.05. The maximum Gasteiger partial charge on any atom is 0.119 e. The molecular formula is C23H32O. The Bertz CT molecular complexity index is 598. The Morgan fingerprint density at radius 1 is 0.833 bits per heavy atom. The van der Waals surface area contributed by atoms with Gasteiger partial charge in [-0.15, -0.1) is 0 Å². The van der Waals surface area contributed by atoms with Crippen LogP contribution in [0.2, 0.25) is 0 Å². The summed E-state index contributed by atoms with van der Waals surface area (Å²) in [6, 6.07) is 17.0. The molecule has 0 fully saturated rings. The Morgan fingerprint density at radius 2 is 1.54 bits per heavy atom. The number of hydrogen-bond acceptors (Lipinski definition) is 1. The first-order valence-electron chi connectivity index (χ1n) is 9.35. The quantitative estimate of drug-likeness (QED) is 0.488. The Kier molecular flexibility index (Phi) is 7.36. The average molecular weight is 325 g/mol. The van der Waals surface area contributed by atoms with Crippen LogP contribution in [0.25, 0.3) is 11.1 Å². The van der Waals surface area contributed by atoms with E-state index in [1.165, 1.54) is 36.0 Å². The molecule has 0 saturated heterocycles. The van der Waals surface area contributed by atoms with Gasteiger partial charge in [0.05, 0.1) is 6.61 Å². The van der Waals surface area contributed by atoms with Crippen molar-refractivity contribution in [1.82, 2.24) is 0 Å². The van der Waals surface area contributed by atoms with Crippen molar-refractivity contribution < 1.29 is 4.74 Å². The summed E-state index contributed by atoms with van der Waals surface area (Å²) in [6.07, 6.45) is 5.13. The highest BCUT2D eigenvalue weighted by atomic mass is 16.5. The summed E-state index contributed by atoms with van der Waals surface area (Å²) in [5, 5.41) is 0. The Labute approximate surface area is 148 Å². The summed E-state index contributed by atoms with van der Waals surface area (Å²) in [7, 11) is 0. The molecule has 130 valence electrons. The van der Waals surface area contributed by atoms with Gasteiger partial charge < -0.3 is 4.74 Å². The molecule has 0 aliphatic rings. The molecule has 2 aromatic rings. The van der Waals surface area contributed by atoms with Crippen LogP contribution in [0.15, 0.2) is 48.5 Å². The summed E-state index contributed by atoms with van der Waals surface area (Å²) in [5.74, 6) is 2.54. The lowest BCUT2D eigenvalue weighted by Gasteiger charge is -2.13. The molecule has 2 aromatic carbocycles. The van der Waals surface area contributed by atoms with Crippen LogP contribution in [0.1, 0.15) is 52.0 Å². The second kappa shape index (κ2) is 9.52. The van der Waals surface area contributed by atoms with Crippen molar-refractivity contribution in [2.75, 3.05) is 6.61 Å². The van der Waals surface area contributed by atoms with Crippen molar-refractivity contribution in [3.05, 3.63) is 54.1 Å². The zero-order chi connectivity index (χ0) is 17.4. The topological polar surface area (TPSA) is 9.23 Å². The van der Waals surface area contributed by atoms with E-state index in [1.807, 2.05) is 0 Å². The van der Waals surface area contributed by atoms with E-state index in [2.05, 4.69) is 76.2 Å². The van der Waals surface area contributed by atoms with E-state index in [0.29, 0.717) is 0 Å². The minimum atomic E-state index is 0.745. The fourth-order valence-corrected chi connectivity index (χ4v) is 3.02. The lowest BCUT2D eigenvalue weighted by atomic mass is 9.98. The third-order valence-corrected chi connectivity index (χ3v) is 4.67. The molecule has 0 radical (unpaired) electrons. The molecule has 0 amide bonds. The fraction of sp³-hybridized carbons (Fsp3) is 0.478. The van der Waals surface area contributed by atoms with E-state index < -0.39 is 0 Å². The molecule has 1 nitrogen and oxygen atoms in total. The molecule has 0 aliphatic heterocycles. The standard InChI is InChI=1S/C23H32O/c1-18(2)8-7-9-19(3)16-17-24-22-14-12-21(13-15-22)23-11-6-5-10-20(23)4/h5-6,10-15,18-19H,7-9,16-17H2,1-4H3. The molecule has 2 rings (SSSR count).